The summed E-state index contributed by atoms with van der Waals surface area (Å²) in [5, 5.41) is 8.96. The van der Waals surface area contributed by atoms with E-state index in [0.717, 1.165) is 0 Å². The van der Waals surface area contributed by atoms with Crippen LogP contribution in [-0.2, 0) is 0 Å². The highest BCUT2D eigenvalue weighted by molar-refractivity contribution is 6.25. The highest BCUT2D eigenvalue weighted by Gasteiger charge is 2.15. The van der Waals surface area contributed by atoms with Crippen LogP contribution in [0.4, 0.5) is 0 Å². The van der Waals surface area contributed by atoms with E-state index in [1.807, 2.05) is 0 Å². The maximum atomic E-state index is 10.9. The molecule has 5 heteroatoms. The van der Waals surface area contributed by atoms with Crippen LogP contribution >= 0.6 is 11.6 Å². The SMILES string of the molecule is COc1cccc(C(=O)O)c1OCC=CCl. The van der Waals surface area contributed by atoms with Gasteiger partial charge in [-0.3, -0.25) is 0 Å². The van der Waals surface area contributed by atoms with Crippen LogP contribution in [0.2, 0.25) is 0 Å². The van der Waals surface area contributed by atoms with Crippen molar-refractivity contribution in [1.29, 1.82) is 0 Å². The third-order valence-electron chi connectivity index (χ3n) is 1.84. The van der Waals surface area contributed by atoms with Crippen LogP contribution in [-0.4, -0.2) is 24.8 Å². The van der Waals surface area contributed by atoms with Gasteiger partial charge in [-0.05, 0) is 18.2 Å². The number of rotatable bonds is 5. The molecular formula is C11H11ClO4. The second-order valence-electron chi connectivity index (χ2n) is 2.81. The molecule has 0 aliphatic rings. The third kappa shape index (κ3) is 2.90. The molecule has 0 saturated carbocycles. The van der Waals surface area contributed by atoms with Gasteiger partial charge in [0.1, 0.15) is 12.2 Å². The average molecular weight is 243 g/mol. The van der Waals surface area contributed by atoms with Crippen molar-refractivity contribution >= 4 is 17.6 Å². The molecule has 0 atom stereocenters. The van der Waals surface area contributed by atoms with E-state index in [0.29, 0.717) is 5.75 Å². The zero-order valence-corrected chi connectivity index (χ0v) is 9.40. The fourth-order valence-electron chi connectivity index (χ4n) is 1.16. The van der Waals surface area contributed by atoms with Crippen molar-refractivity contribution in [3.63, 3.8) is 0 Å². The van der Waals surface area contributed by atoms with Gasteiger partial charge in [0.25, 0.3) is 0 Å². The highest BCUT2D eigenvalue weighted by atomic mass is 35.5. The van der Waals surface area contributed by atoms with Gasteiger partial charge >= 0.3 is 5.97 Å². The van der Waals surface area contributed by atoms with E-state index in [9.17, 15) is 4.79 Å². The average Bonchev–Trinajstić information content (AvgIpc) is 2.29. The van der Waals surface area contributed by atoms with Crippen molar-refractivity contribution in [2.45, 2.75) is 0 Å². The summed E-state index contributed by atoms with van der Waals surface area (Å²) in [6, 6.07) is 4.67. The van der Waals surface area contributed by atoms with Gasteiger partial charge in [0.15, 0.2) is 11.5 Å². The van der Waals surface area contributed by atoms with Gasteiger partial charge in [0.05, 0.1) is 7.11 Å². The number of halogens is 1. The van der Waals surface area contributed by atoms with Crippen molar-refractivity contribution in [2.24, 2.45) is 0 Å². The molecule has 0 fully saturated rings. The largest absolute Gasteiger partial charge is 0.493 e. The molecule has 0 heterocycles. The lowest BCUT2D eigenvalue weighted by Gasteiger charge is -2.11. The maximum absolute atomic E-state index is 10.9. The van der Waals surface area contributed by atoms with E-state index in [2.05, 4.69) is 0 Å². The quantitative estimate of drug-likeness (QED) is 0.862. The monoisotopic (exact) mass is 242 g/mol. The van der Waals surface area contributed by atoms with Crippen LogP contribution in [0.5, 0.6) is 11.5 Å². The summed E-state index contributed by atoms with van der Waals surface area (Å²) in [6.07, 6.45) is 1.56. The number of ether oxygens (including phenoxy) is 2. The second kappa shape index (κ2) is 6.02. The van der Waals surface area contributed by atoms with Crippen LogP contribution in [0.15, 0.2) is 29.8 Å². The first-order valence-electron chi connectivity index (χ1n) is 4.49. The first kappa shape index (κ1) is 12.4. The lowest BCUT2D eigenvalue weighted by molar-refractivity contribution is 0.0692. The van der Waals surface area contributed by atoms with E-state index in [-0.39, 0.29) is 17.9 Å². The number of carbonyl (C=O) groups is 1. The van der Waals surface area contributed by atoms with Crippen LogP contribution in [0, 0.1) is 0 Å². The summed E-state index contributed by atoms with van der Waals surface area (Å²) in [5.74, 6) is -0.487. The molecule has 0 saturated heterocycles. The molecule has 0 aliphatic carbocycles. The number of carboxylic acids is 1. The smallest absolute Gasteiger partial charge is 0.339 e. The van der Waals surface area contributed by atoms with E-state index >= 15 is 0 Å². The number of carboxylic acid groups (broad SMARTS) is 1. The first-order chi connectivity index (χ1) is 7.70. The van der Waals surface area contributed by atoms with E-state index in [4.69, 9.17) is 26.2 Å². The van der Waals surface area contributed by atoms with Gasteiger partial charge < -0.3 is 14.6 Å². The Labute approximate surface area is 98.1 Å². The number of benzene rings is 1. The van der Waals surface area contributed by atoms with E-state index < -0.39 is 5.97 Å². The fourth-order valence-corrected chi connectivity index (χ4v) is 1.23. The molecule has 1 aromatic carbocycles. The lowest BCUT2D eigenvalue weighted by atomic mass is 10.2. The first-order valence-corrected chi connectivity index (χ1v) is 4.92. The minimum Gasteiger partial charge on any atom is -0.493 e. The Hall–Kier alpha value is -1.68. The molecule has 1 N–H and O–H groups in total. The van der Waals surface area contributed by atoms with Crippen molar-refractivity contribution in [1.82, 2.24) is 0 Å². The van der Waals surface area contributed by atoms with Gasteiger partial charge in [-0.1, -0.05) is 17.7 Å². The molecule has 1 aromatic rings. The maximum Gasteiger partial charge on any atom is 0.339 e. The van der Waals surface area contributed by atoms with Gasteiger partial charge in [-0.15, -0.1) is 0 Å². The summed E-state index contributed by atoms with van der Waals surface area (Å²) in [5.41, 5.74) is 1.36. The van der Waals surface area contributed by atoms with Crippen LogP contribution in [0.3, 0.4) is 0 Å². The van der Waals surface area contributed by atoms with E-state index in [1.165, 1.54) is 18.7 Å². The molecule has 0 unspecified atom stereocenters. The van der Waals surface area contributed by atoms with Crippen molar-refractivity contribution < 1.29 is 19.4 Å². The predicted octanol–water partition coefficient (Wildman–Crippen LogP) is 2.52. The predicted molar refractivity (Wildman–Crippen MR) is 60.4 cm³/mol. The third-order valence-corrected chi connectivity index (χ3v) is 2.02. The Bertz CT molecular complexity index is 401. The number of hydrogen-bond donors (Lipinski definition) is 1. The number of para-hydroxylation sites is 1. The zero-order chi connectivity index (χ0) is 12.0. The second-order valence-corrected chi connectivity index (χ2v) is 3.07. The minimum absolute atomic E-state index is 0.0577. The van der Waals surface area contributed by atoms with Crippen molar-refractivity contribution in [2.75, 3.05) is 13.7 Å². The van der Waals surface area contributed by atoms with Gasteiger partial charge in [0.2, 0.25) is 0 Å². The Morgan fingerprint density at radius 3 is 2.88 bits per heavy atom. The van der Waals surface area contributed by atoms with Crippen molar-refractivity contribution in [3.8, 4) is 11.5 Å². The Morgan fingerprint density at radius 1 is 1.56 bits per heavy atom. The molecule has 16 heavy (non-hydrogen) atoms. The zero-order valence-electron chi connectivity index (χ0n) is 8.64. The Morgan fingerprint density at radius 2 is 2.31 bits per heavy atom. The molecule has 0 bridgehead atoms. The minimum atomic E-state index is -1.07. The molecule has 0 spiro atoms. The molecule has 0 aliphatic heterocycles. The summed E-state index contributed by atoms with van der Waals surface area (Å²) in [4.78, 5) is 10.9. The molecule has 1 rings (SSSR count). The van der Waals surface area contributed by atoms with Gasteiger partial charge in [-0.2, -0.15) is 0 Å². The molecule has 0 radical (unpaired) electrons. The molecule has 0 amide bonds. The summed E-state index contributed by atoms with van der Waals surface area (Å²) in [7, 11) is 1.45. The van der Waals surface area contributed by atoms with Crippen LogP contribution < -0.4 is 9.47 Å². The number of aromatic carboxylic acids is 1. The van der Waals surface area contributed by atoms with Crippen molar-refractivity contribution in [3.05, 3.63) is 35.4 Å². The van der Waals surface area contributed by atoms with Gasteiger partial charge in [-0.25, -0.2) is 4.79 Å². The Kier molecular flexibility index (Phi) is 4.66. The van der Waals surface area contributed by atoms with E-state index in [1.54, 1.807) is 18.2 Å². The molecule has 4 nitrogen and oxygen atoms in total. The van der Waals surface area contributed by atoms with Gasteiger partial charge in [0, 0.05) is 5.54 Å². The van der Waals surface area contributed by atoms with Crippen LogP contribution in [0.1, 0.15) is 10.4 Å². The molecule has 86 valence electrons. The van der Waals surface area contributed by atoms with Crippen LogP contribution in [0.25, 0.3) is 0 Å². The summed E-state index contributed by atoms with van der Waals surface area (Å²) in [6.45, 7) is 0.185. The summed E-state index contributed by atoms with van der Waals surface area (Å²) < 4.78 is 10.3. The normalized spacial score (nSPS) is 10.4. The topological polar surface area (TPSA) is 55.8 Å². The highest BCUT2D eigenvalue weighted by Crippen LogP contribution is 2.30. The standard InChI is InChI=1S/C11H11ClO4/c1-15-9-5-2-4-8(11(13)14)10(9)16-7-3-6-12/h2-6H,7H2,1H3,(H,13,14). The number of methoxy groups -OCH3 is 1. The Balaban J connectivity index is 3.04. The fraction of sp³-hybridized carbons (Fsp3) is 0.182. The lowest BCUT2D eigenvalue weighted by Crippen LogP contribution is -2.04. The molecular weight excluding hydrogens is 232 g/mol. The molecule has 0 aromatic heterocycles. The summed E-state index contributed by atoms with van der Waals surface area (Å²) >= 11 is 5.34. The number of hydrogen-bond acceptors (Lipinski definition) is 3.